The van der Waals surface area contributed by atoms with Crippen LogP contribution in [0.2, 0.25) is 0 Å². The van der Waals surface area contributed by atoms with E-state index in [1.54, 1.807) is 30.9 Å². The molecule has 0 aliphatic heterocycles. The summed E-state index contributed by atoms with van der Waals surface area (Å²) in [7, 11) is 0. The highest BCUT2D eigenvalue weighted by atomic mass is 19.1. The molecule has 1 heterocycles. The van der Waals surface area contributed by atoms with Gasteiger partial charge in [0.25, 0.3) is 0 Å². The quantitative estimate of drug-likeness (QED) is 0.652. The van der Waals surface area contributed by atoms with Gasteiger partial charge in [0.1, 0.15) is 22.7 Å². The maximum Gasteiger partial charge on any atom is 0.410 e. The topological polar surface area (TPSA) is 73.7 Å². The number of nitrogens with zero attached hydrogens (tertiary/aromatic N) is 3. The minimum Gasteiger partial charge on any atom is -0.462 e. The molecule has 0 unspecified atom stereocenters. The number of carbonyl (C=O) groups is 2. The lowest BCUT2D eigenvalue weighted by atomic mass is 10.1. The number of hydrogen-bond acceptors (Lipinski definition) is 5. The predicted molar refractivity (Wildman–Crippen MR) is 109 cm³/mol. The molecule has 0 saturated heterocycles. The van der Waals surface area contributed by atoms with Gasteiger partial charge in [-0.15, -0.1) is 0 Å². The Morgan fingerprint density at radius 1 is 1.30 bits per heavy atom. The normalized spacial score (nSPS) is 13.8. The van der Waals surface area contributed by atoms with Crippen molar-refractivity contribution in [3.63, 3.8) is 0 Å². The number of halogens is 1. The molecule has 0 N–H and O–H groups in total. The summed E-state index contributed by atoms with van der Waals surface area (Å²) >= 11 is 0. The van der Waals surface area contributed by atoms with Gasteiger partial charge in [-0.3, -0.25) is 0 Å². The minimum atomic E-state index is -0.622. The second-order valence-electron chi connectivity index (χ2n) is 8.38. The standard InChI is InChI=1S/C22H28FN3O4/c1-6-29-20(27)17-13-26(24-14(17)2)19-15(8-7-9-18(19)23)12-25(16-10-11-16)21(28)30-22(3,4)5/h7-9,13,16H,6,10-12H2,1-5H3. The van der Waals surface area contributed by atoms with Crippen LogP contribution in [0.1, 0.15) is 62.2 Å². The molecule has 1 saturated carbocycles. The third-order valence-corrected chi connectivity index (χ3v) is 4.65. The number of benzene rings is 1. The van der Waals surface area contributed by atoms with Crippen molar-refractivity contribution >= 4 is 12.1 Å². The number of para-hydroxylation sites is 1. The summed E-state index contributed by atoms with van der Waals surface area (Å²) in [4.78, 5) is 26.5. The van der Waals surface area contributed by atoms with Gasteiger partial charge >= 0.3 is 12.1 Å². The molecule has 1 aliphatic rings. The van der Waals surface area contributed by atoms with Crippen LogP contribution in [0.5, 0.6) is 0 Å². The van der Waals surface area contributed by atoms with Gasteiger partial charge < -0.3 is 14.4 Å². The molecule has 7 nitrogen and oxygen atoms in total. The molecular formula is C22H28FN3O4. The maximum atomic E-state index is 14.9. The summed E-state index contributed by atoms with van der Waals surface area (Å²) < 4.78 is 26.8. The third-order valence-electron chi connectivity index (χ3n) is 4.65. The van der Waals surface area contributed by atoms with E-state index < -0.39 is 23.5 Å². The van der Waals surface area contributed by atoms with Crippen LogP contribution in [0, 0.1) is 12.7 Å². The molecule has 0 radical (unpaired) electrons. The number of ether oxygens (including phenoxy) is 2. The summed E-state index contributed by atoms with van der Waals surface area (Å²) in [5.41, 5.74) is 0.866. The van der Waals surface area contributed by atoms with Crippen LogP contribution in [-0.2, 0) is 16.0 Å². The number of carbonyl (C=O) groups excluding carboxylic acids is 2. The molecule has 0 atom stereocenters. The monoisotopic (exact) mass is 417 g/mol. The van der Waals surface area contributed by atoms with Crippen LogP contribution in [0.3, 0.4) is 0 Å². The van der Waals surface area contributed by atoms with Crippen LogP contribution in [-0.4, -0.2) is 45.0 Å². The Balaban J connectivity index is 1.94. The molecule has 30 heavy (non-hydrogen) atoms. The Bertz CT molecular complexity index is 944. The lowest BCUT2D eigenvalue weighted by Crippen LogP contribution is -2.38. The largest absolute Gasteiger partial charge is 0.462 e. The molecule has 1 aliphatic carbocycles. The zero-order valence-electron chi connectivity index (χ0n) is 18.1. The van der Waals surface area contributed by atoms with E-state index in [0.717, 1.165) is 12.8 Å². The molecule has 0 spiro atoms. The van der Waals surface area contributed by atoms with Crippen molar-refractivity contribution in [2.45, 2.75) is 65.6 Å². The molecule has 1 aromatic carbocycles. The minimum absolute atomic E-state index is 0.0745. The van der Waals surface area contributed by atoms with Crippen molar-refractivity contribution in [1.82, 2.24) is 14.7 Å². The molecule has 8 heteroatoms. The number of hydrogen-bond donors (Lipinski definition) is 0. The molecule has 0 bridgehead atoms. The summed E-state index contributed by atoms with van der Waals surface area (Å²) in [6.07, 6.45) is 2.81. The summed E-state index contributed by atoms with van der Waals surface area (Å²) in [5.74, 6) is -1.00. The van der Waals surface area contributed by atoms with Gasteiger partial charge in [0, 0.05) is 17.8 Å². The second-order valence-corrected chi connectivity index (χ2v) is 8.38. The summed E-state index contributed by atoms with van der Waals surface area (Å²) in [6, 6.07) is 4.75. The Morgan fingerprint density at radius 3 is 2.60 bits per heavy atom. The van der Waals surface area contributed by atoms with Crippen molar-refractivity contribution in [1.29, 1.82) is 0 Å². The Kier molecular flexibility index (Phi) is 6.14. The average molecular weight is 417 g/mol. The number of aryl methyl sites for hydroxylation is 1. The van der Waals surface area contributed by atoms with Crippen LogP contribution in [0.4, 0.5) is 9.18 Å². The highest BCUT2D eigenvalue weighted by molar-refractivity contribution is 5.90. The van der Waals surface area contributed by atoms with Crippen LogP contribution >= 0.6 is 0 Å². The molecule has 1 fully saturated rings. The maximum absolute atomic E-state index is 14.9. The van der Waals surface area contributed by atoms with Crippen molar-refractivity contribution in [2.75, 3.05) is 6.61 Å². The number of amides is 1. The molecule has 3 rings (SSSR count). The highest BCUT2D eigenvalue weighted by Crippen LogP contribution is 2.31. The van der Waals surface area contributed by atoms with Gasteiger partial charge in [-0.1, -0.05) is 12.1 Å². The second kappa shape index (κ2) is 8.45. The van der Waals surface area contributed by atoms with E-state index in [2.05, 4.69) is 5.10 Å². The lowest BCUT2D eigenvalue weighted by Gasteiger charge is -2.28. The number of aromatic nitrogens is 2. The van der Waals surface area contributed by atoms with Crippen molar-refractivity contribution in [2.24, 2.45) is 0 Å². The Labute approximate surface area is 175 Å². The Morgan fingerprint density at radius 2 is 2.00 bits per heavy atom. The fraction of sp³-hybridized carbons (Fsp3) is 0.500. The Hall–Kier alpha value is -2.90. The highest BCUT2D eigenvalue weighted by Gasteiger charge is 2.36. The van der Waals surface area contributed by atoms with Crippen molar-refractivity contribution in [3.8, 4) is 5.69 Å². The van der Waals surface area contributed by atoms with Gasteiger partial charge in [0.15, 0.2) is 0 Å². The first kappa shape index (κ1) is 21.8. The van der Waals surface area contributed by atoms with Gasteiger partial charge in [-0.05, 0) is 53.5 Å². The molecule has 1 aromatic heterocycles. The number of rotatable bonds is 6. The van der Waals surface area contributed by atoms with E-state index in [1.165, 1.54) is 16.9 Å². The van der Waals surface area contributed by atoms with Crippen molar-refractivity contribution in [3.05, 3.63) is 47.0 Å². The van der Waals surface area contributed by atoms with Gasteiger partial charge in [-0.2, -0.15) is 5.10 Å². The van der Waals surface area contributed by atoms with E-state index >= 15 is 0 Å². The van der Waals surface area contributed by atoms with E-state index in [1.807, 2.05) is 20.8 Å². The fourth-order valence-electron chi connectivity index (χ4n) is 3.16. The average Bonchev–Trinajstić information content (AvgIpc) is 3.40. The first-order chi connectivity index (χ1) is 14.1. The summed E-state index contributed by atoms with van der Waals surface area (Å²) in [5, 5.41) is 4.32. The number of esters is 1. The molecular weight excluding hydrogens is 389 g/mol. The molecule has 162 valence electrons. The zero-order chi connectivity index (χ0) is 22.1. The fourth-order valence-corrected chi connectivity index (χ4v) is 3.16. The van der Waals surface area contributed by atoms with E-state index in [9.17, 15) is 14.0 Å². The first-order valence-electron chi connectivity index (χ1n) is 10.1. The lowest BCUT2D eigenvalue weighted by molar-refractivity contribution is 0.0216. The SMILES string of the molecule is CCOC(=O)c1cn(-c2c(F)cccc2CN(C(=O)OC(C)(C)C)C2CC2)nc1C. The smallest absolute Gasteiger partial charge is 0.410 e. The van der Waals surface area contributed by atoms with E-state index in [0.29, 0.717) is 11.3 Å². The van der Waals surface area contributed by atoms with Crippen molar-refractivity contribution < 1.29 is 23.5 Å². The predicted octanol–water partition coefficient (Wildman–Crippen LogP) is 4.40. The van der Waals surface area contributed by atoms with Gasteiger partial charge in [-0.25, -0.2) is 18.7 Å². The van der Waals surface area contributed by atoms with Crippen LogP contribution in [0.15, 0.2) is 24.4 Å². The summed E-state index contributed by atoms with van der Waals surface area (Å²) in [6.45, 7) is 9.24. The first-order valence-corrected chi connectivity index (χ1v) is 10.1. The zero-order valence-corrected chi connectivity index (χ0v) is 18.1. The molecule has 2 aromatic rings. The van der Waals surface area contributed by atoms with Crippen LogP contribution < -0.4 is 0 Å². The van der Waals surface area contributed by atoms with E-state index in [4.69, 9.17) is 9.47 Å². The van der Waals surface area contributed by atoms with Crippen LogP contribution in [0.25, 0.3) is 5.69 Å². The van der Waals surface area contributed by atoms with Gasteiger partial charge in [0.2, 0.25) is 0 Å². The van der Waals surface area contributed by atoms with E-state index in [-0.39, 0.29) is 30.4 Å². The molecule has 1 amide bonds. The third kappa shape index (κ3) is 4.98. The van der Waals surface area contributed by atoms with Gasteiger partial charge in [0.05, 0.1) is 18.8 Å².